The normalized spacial score (nSPS) is 15.6. The zero-order valence-electron chi connectivity index (χ0n) is 31.2. The summed E-state index contributed by atoms with van der Waals surface area (Å²) in [5.74, 6) is 0. The number of benzene rings is 8. The lowest BCUT2D eigenvalue weighted by molar-refractivity contribution is 0.596. The Balaban J connectivity index is 0.989. The number of hydrogen-bond donors (Lipinski definition) is 0. The minimum Gasteiger partial charge on any atom is -0.311 e. The molecule has 2 aromatic heterocycles. The van der Waals surface area contributed by atoms with Gasteiger partial charge in [-0.2, -0.15) is 0 Å². The van der Waals surface area contributed by atoms with Crippen LogP contribution in [0.15, 0.2) is 212 Å². The summed E-state index contributed by atoms with van der Waals surface area (Å²) in [6, 6.07) is 68.4. The fourth-order valence-corrected chi connectivity index (χ4v) is 9.00. The van der Waals surface area contributed by atoms with Crippen LogP contribution in [0.2, 0.25) is 0 Å². The number of anilines is 2. The molecule has 0 saturated carbocycles. The van der Waals surface area contributed by atoms with E-state index in [1.807, 2.05) is 0 Å². The predicted octanol–water partition coefficient (Wildman–Crippen LogP) is 14.0. The van der Waals surface area contributed by atoms with Crippen molar-refractivity contribution in [2.45, 2.75) is 18.8 Å². The molecule has 0 N–H and O–H groups in total. The number of rotatable bonds is 6. The SMILES string of the molecule is CC1(c2ccc3c(c2)c2ccccc2n3-c2ccccc2)C=CC(N(c2ccc(-n3c4ccccc4c4ccccc43)cc2)c2ccc3ccccc3c2)=CC1. The first-order valence-corrected chi connectivity index (χ1v) is 19.5. The number of allylic oxidation sites excluding steroid dienone is 3. The predicted molar refractivity (Wildman–Crippen MR) is 237 cm³/mol. The van der Waals surface area contributed by atoms with Gasteiger partial charge < -0.3 is 14.0 Å². The van der Waals surface area contributed by atoms with E-state index in [-0.39, 0.29) is 5.41 Å². The van der Waals surface area contributed by atoms with Crippen molar-refractivity contribution in [3.63, 3.8) is 0 Å². The summed E-state index contributed by atoms with van der Waals surface area (Å²) >= 11 is 0. The van der Waals surface area contributed by atoms with Crippen LogP contribution in [0.3, 0.4) is 0 Å². The van der Waals surface area contributed by atoms with Crippen molar-refractivity contribution in [1.29, 1.82) is 0 Å². The van der Waals surface area contributed by atoms with Gasteiger partial charge in [-0.05, 0) is 108 Å². The molecule has 1 atom stereocenters. The van der Waals surface area contributed by atoms with Crippen LogP contribution in [0, 0.1) is 0 Å². The Morgan fingerprint density at radius 1 is 0.446 bits per heavy atom. The molecule has 0 bridgehead atoms. The lowest BCUT2D eigenvalue weighted by atomic mass is 9.76. The zero-order chi connectivity index (χ0) is 37.2. The number of para-hydroxylation sites is 4. The van der Waals surface area contributed by atoms with E-state index in [1.54, 1.807) is 0 Å². The number of fused-ring (bicyclic) bond motifs is 7. The van der Waals surface area contributed by atoms with Crippen molar-refractivity contribution in [3.05, 3.63) is 218 Å². The lowest BCUT2D eigenvalue weighted by Gasteiger charge is -2.33. The molecular weight excluding hydrogens is 679 g/mol. The number of aromatic nitrogens is 2. The van der Waals surface area contributed by atoms with Crippen LogP contribution in [-0.4, -0.2) is 9.13 Å². The molecule has 266 valence electrons. The van der Waals surface area contributed by atoms with E-state index in [0.29, 0.717) is 0 Å². The molecule has 3 nitrogen and oxygen atoms in total. The van der Waals surface area contributed by atoms with Gasteiger partial charge in [0.05, 0.1) is 22.1 Å². The van der Waals surface area contributed by atoms with Crippen molar-refractivity contribution >= 4 is 65.8 Å². The first-order chi connectivity index (χ1) is 27.6. The fourth-order valence-electron chi connectivity index (χ4n) is 9.00. The molecule has 1 aliphatic rings. The Morgan fingerprint density at radius 2 is 0.982 bits per heavy atom. The number of nitrogens with zero attached hydrogens (tertiary/aromatic N) is 3. The van der Waals surface area contributed by atoms with Gasteiger partial charge in [-0.1, -0.05) is 128 Å². The third-order valence-corrected chi connectivity index (χ3v) is 11.9. The maximum Gasteiger partial charge on any atom is 0.0541 e. The van der Waals surface area contributed by atoms with Crippen molar-refractivity contribution in [2.24, 2.45) is 0 Å². The third-order valence-electron chi connectivity index (χ3n) is 11.9. The Bertz CT molecular complexity index is 3130. The molecule has 3 heteroatoms. The molecule has 56 heavy (non-hydrogen) atoms. The van der Waals surface area contributed by atoms with Gasteiger partial charge in [0.1, 0.15) is 0 Å². The maximum atomic E-state index is 2.43. The monoisotopic (exact) mass is 717 g/mol. The maximum absolute atomic E-state index is 2.43. The molecule has 2 heterocycles. The molecule has 0 saturated heterocycles. The average molecular weight is 718 g/mol. The van der Waals surface area contributed by atoms with Gasteiger partial charge in [0.2, 0.25) is 0 Å². The molecule has 11 rings (SSSR count). The summed E-state index contributed by atoms with van der Waals surface area (Å²) in [6.07, 6.45) is 8.05. The van der Waals surface area contributed by atoms with Crippen molar-refractivity contribution in [2.75, 3.05) is 4.90 Å². The highest BCUT2D eigenvalue weighted by molar-refractivity contribution is 6.10. The highest BCUT2D eigenvalue weighted by Gasteiger charge is 2.28. The van der Waals surface area contributed by atoms with Crippen LogP contribution in [0.4, 0.5) is 11.4 Å². The Labute approximate surface area is 326 Å². The topological polar surface area (TPSA) is 13.1 Å². The van der Waals surface area contributed by atoms with E-state index in [4.69, 9.17) is 0 Å². The Hall–Kier alpha value is -7.10. The summed E-state index contributed by atoms with van der Waals surface area (Å²) in [7, 11) is 0. The fraction of sp³-hybridized carbons (Fsp3) is 0.0566. The highest BCUT2D eigenvalue weighted by atomic mass is 15.1. The van der Waals surface area contributed by atoms with Gasteiger partial charge in [0, 0.05) is 55.4 Å². The van der Waals surface area contributed by atoms with Crippen LogP contribution in [0.25, 0.3) is 65.8 Å². The molecular formula is C53H39N3. The second-order valence-electron chi connectivity index (χ2n) is 15.3. The minimum absolute atomic E-state index is 0.164. The molecule has 0 spiro atoms. The van der Waals surface area contributed by atoms with E-state index >= 15 is 0 Å². The molecule has 8 aromatic carbocycles. The van der Waals surface area contributed by atoms with E-state index in [0.717, 1.165) is 23.5 Å². The summed E-state index contributed by atoms with van der Waals surface area (Å²) in [5, 5.41) is 7.57. The summed E-state index contributed by atoms with van der Waals surface area (Å²) in [5.41, 5.74) is 11.8. The van der Waals surface area contributed by atoms with E-state index in [1.165, 1.54) is 71.3 Å². The summed E-state index contributed by atoms with van der Waals surface area (Å²) in [4.78, 5) is 2.41. The van der Waals surface area contributed by atoms with E-state index < -0.39 is 0 Å². The molecule has 0 aliphatic heterocycles. The summed E-state index contributed by atoms with van der Waals surface area (Å²) in [6.45, 7) is 2.37. The lowest BCUT2D eigenvalue weighted by Crippen LogP contribution is -2.24. The second-order valence-corrected chi connectivity index (χ2v) is 15.3. The first-order valence-electron chi connectivity index (χ1n) is 19.5. The van der Waals surface area contributed by atoms with Gasteiger partial charge in [-0.15, -0.1) is 0 Å². The minimum atomic E-state index is -0.164. The molecule has 1 aliphatic carbocycles. The van der Waals surface area contributed by atoms with Gasteiger partial charge in [0.15, 0.2) is 0 Å². The zero-order valence-corrected chi connectivity index (χ0v) is 31.2. The van der Waals surface area contributed by atoms with Crippen LogP contribution in [0.5, 0.6) is 0 Å². The smallest absolute Gasteiger partial charge is 0.0541 e. The third kappa shape index (κ3) is 5.12. The molecule has 0 fully saturated rings. The van der Waals surface area contributed by atoms with E-state index in [2.05, 4.69) is 227 Å². The van der Waals surface area contributed by atoms with Crippen LogP contribution >= 0.6 is 0 Å². The molecule has 0 radical (unpaired) electrons. The molecule has 1 unspecified atom stereocenters. The number of hydrogen-bond acceptors (Lipinski definition) is 1. The van der Waals surface area contributed by atoms with Gasteiger partial charge >= 0.3 is 0 Å². The quantitative estimate of drug-likeness (QED) is 0.167. The van der Waals surface area contributed by atoms with Crippen molar-refractivity contribution in [1.82, 2.24) is 9.13 Å². The largest absolute Gasteiger partial charge is 0.311 e. The highest BCUT2D eigenvalue weighted by Crippen LogP contribution is 2.42. The Morgan fingerprint density at radius 3 is 1.62 bits per heavy atom. The van der Waals surface area contributed by atoms with Gasteiger partial charge in [0.25, 0.3) is 0 Å². The Kier molecular flexibility index (Phi) is 7.36. The standard InChI is InChI=1S/C53H39N3/c1-53(39-24-30-52-48(36-39)47-19-9-12-22-51(47)55(52)40-15-3-2-4-16-40)33-31-43(32-34-53)54(44-25-23-37-13-5-6-14-38(37)35-44)41-26-28-42(29-27-41)56-49-20-10-7-17-45(49)46-18-8-11-21-50(46)56/h2-33,35-36H,34H2,1H3. The average Bonchev–Trinajstić information content (AvgIpc) is 3.78. The van der Waals surface area contributed by atoms with Crippen LogP contribution < -0.4 is 4.90 Å². The van der Waals surface area contributed by atoms with E-state index in [9.17, 15) is 0 Å². The van der Waals surface area contributed by atoms with Crippen molar-refractivity contribution < 1.29 is 0 Å². The first kappa shape index (κ1) is 32.3. The van der Waals surface area contributed by atoms with Crippen LogP contribution in [-0.2, 0) is 5.41 Å². The van der Waals surface area contributed by atoms with Crippen molar-refractivity contribution in [3.8, 4) is 11.4 Å². The summed E-state index contributed by atoms with van der Waals surface area (Å²) < 4.78 is 4.77. The molecule has 0 amide bonds. The second kappa shape index (κ2) is 12.8. The van der Waals surface area contributed by atoms with Gasteiger partial charge in [-0.3, -0.25) is 0 Å². The molecule has 10 aromatic rings. The van der Waals surface area contributed by atoms with Gasteiger partial charge in [-0.25, -0.2) is 0 Å². The van der Waals surface area contributed by atoms with Crippen LogP contribution in [0.1, 0.15) is 18.9 Å².